The van der Waals surface area contributed by atoms with E-state index in [-0.39, 0.29) is 0 Å². The highest BCUT2D eigenvalue weighted by molar-refractivity contribution is 7.99. The van der Waals surface area contributed by atoms with Crippen LogP contribution in [-0.2, 0) is 4.79 Å². The number of amides is 1. The molecule has 20 heavy (non-hydrogen) atoms. The number of hydrogen-bond donors (Lipinski definition) is 2. The first-order valence-corrected chi connectivity index (χ1v) is 7.50. The smallest absolute Gasteiger partial charge is 0.329 e. The van der Waals surface area contributed by atoms with Crippen molar-refractivity contribution in [2.24, 2.45) is 0 Å². The van der Waals surface area contributed by atoms with Crippen molar-refractivity contribution in [3.63, 3.8) is 0 Å². The van der Waals surface area contributed by atoms with Crippen molar-refractivity contribution in [3.05, 3.63) is 35.1 Å². The van der Waals surface area contributed by atoms with Crippen LogP contribution in [0, 0.1) is 12.7 Å². The number of carboxylic acid groups (broad SMARTS) is 1. The fourth-order valence-electron chi connectivity index (χ4n) is 2.28. The highest BCUT2D eigenvalue weighted by Gasteiger charge is 2.41. The Balaban J connectivity index is 2.22. The number of carbonyl (C=O) groups is 2. The number of nitrogens with one attached hydrogen (secondary N) is 1. The van der Waals surface area contributed by atoms with Crippen LogP contribution in [0.2, 0.25) is 0 Å². The summed E-state index contributed by atoms with van der Waals surface area (Å²) >= 11 is 1.68. The zero-order valence-corrected chi connectivity index (χ0v) is 11.9. The number of carboxylic acids is 1. The minimum absolute atomic E-state index is 0.310. The number of rotatable bonds is 3. The lowest BCUT2D eigenvalue weighted by molar-refractivity contribution is -0.144. The number of thioether (sulfide) groups is 1. The Labute approximate surface area is 120 Å². The number of carbonyl (C=O) groups excluding carboxylic acids is 1. The number of benzene rings is 1. The van der Waals surface area contributed by atoms with Crippen LogP contribution in [0.3, 0.4) is 0 Å². The molecule has 1 saturated heterocycles. The summed E-state index contributed by atoms with van der Waals surface area (Å²) in [5, 5.41) is 12.0. The summed E-state index contributed by atoms with van der Waals surface area (Å²) in [7, 11) is 0. The zero-order chi connectivity index (χ0) is 14.8. The molecule has 0 unspecified atom stereocenters. The number of aliphatic carboxylic acids is 1. The van der Waals surface area contributed by atoms with Crippen LogP contribution in [0.15, 0.2) is 18.2 Å². The molecule has 0 saturated carbocycles. The molecule has 4 nitrogen and oxygen atoms in total. The second kappa shape index (κ2) is 5.83. The van der Waals surface area contributed by atoms with E-state index in [1.54, 1.807) is 18.7 Å². The SMILES string of the molecule is Cc1cc(F)ccc1C(=O)NC1(C(=O)O)CCSCC1. The Hall–Kier alpha value is -1.56. The highest BCUT2D eigenvalue weighted by Crippen LogP contribution is 2.28. The van der Waals surface area contributed by atoms with E-state index in [2.05, 4.69) is 5.32 Å². The summed E-state index contributed by atoms with van der Waals surface area (Å²) in [4.78, 5) is 23.7. The summed E-state index contributed by atoms with van der Waals surface area (Å²) in [6.07, 6.45) is 0.804. The van der Waals surface area contributed by atoms with Gasteiger partial charge in [-0.3, -0.25) is 4.79 Å². The zero-order valence-electron chi connectivity index (χ0n) is 11.1. The van der Waals surface area contributed by atoms with Crippen molar-refractivity contribution < 1.29 is 19.1 Å². The summed E-state index contributed by atoms with van der Waals surface area (Å²) in [6.45, 7) is 1.63. The van der Waals surface area contributed by atoms with E-state index in [0.717, 1.165) is 0 Å². The van der Waals surface area contributed by atoms with Gasteiger partial charge < -0.3 is 10.4 Å². The molecule has 1 aliphatic rings. The highest BCUT2D eigenvalue weighted by atomic mass is 32.2. The molecule has 0 aromatic heterocycles. The van der Waals surface area contributed by atoms with E-state index in [0.29, 0.717) is 35.5 Å². The Kier molecular flexibility index (Phi) is 4.32. The van der Waals surface area contributed by atoms with Gasteiger partial charge in [0.2, 0.25) is 0 Å². The van der Waals surface area contributed by atoms with E-state index >= 15 is 0 Å². The quantitative estimate of drug-likeness (QED) is 0.897. The molecule has 0 aliphatic carbocycles. The Bertz CT molecular complexity index is 541. The maximum absolute atomic E-state index is 13.0. The predicted octanol–water partition coefficient (Wildman–Crippen LogP) is 2.21. The van der Waals surface area contributed by atoms with Crippen LogP contribution in [0.25, 0.3) is 0 Å². The van der Waals surface area contributed by atoms with E-state index in [4.69, 9.17) is 0 Å². The van der Waals surface area contributed by atoms with Crippen LogP contribution in [0.1, 0.15) is 28.8 Å². The van der Waals surface area contributed by atoms with Gasteiger partial charge in [0, 0.05) is 5.56 Å². The minimum Gasteiger partial charge on any atom is -0.480 e. The fraction of sp³-hybridized carbons (Fsp3) is 0.429. The lowest BCUT2D eigenvalue weighted by Crippen LogP contribution is -2.56. The van der Waals surface area contributed by atoms with Crippen LogP contribution in [0.5, 0.6) is 0 Å². The van der Waals surface area contributed by atoms with Gasteiger partial charge in [0.1, 0.15) is 11.4 Å². The van der Waals surface area contributed by atoms with Crippen molar-refractivity contribution in [1.82, 2.24) is 5.32 Å². The third kappa shape index (κ3) is 2.95. The molecule has 0 spiro atoms. The van der Waals surface area contributed by atoms with Crippen LogP contribution in [-0.4, -0.2) is 34.0 Å². The average molecular weight is 297 g/mol. The molecular formula is C14H16FNO3S. The molecule has 2 N–H and O–H groups in total. The van der Waals surface area contributed by atoms with Gasteiger partial charge in [0.25, 0.3) is 5.91 Å². The van der Waals surface area contributed by atoms with Gasteiger partial charge in [-0.05, 0) is 55.0 Å². The Morgan fingerprint density at radius 1 is 1.35 bits per heavy atom. The van der Waals surface area contributed by atoms with Gasteiger partial charge in [-0.25, -0.2) is 9.18 Å². The molecule has 1 amide bonds. The summed E-state index contributed by atoms with van der Waals surface area (Å²) in [5.74, 6) is -0.479. The second-order valence-corrected chi connectivity index (χ2v) is 6.14. The summed E-state index contributed by atoms with van der Waals surface area (Å²) in [6, 6.07) is 3.85. The van der Waals surface area contributed by atoms with E-state index in [1.165, 1.54) is 18.2 Å². The Morgan fingerprint density at radius 2 is 2.00 bits per heavy atom. The first kappa shape index (κ1) is 14.8. The molecule has 6 heteroatoms. The summed E-state index contributed by atoms with van der Waals surface area (Å²) < 4.78 is 13.0. The molecule has 1 aromatic rings. The van der Waals surface area contributed by atoms with Crippen molar-refractivity contribution in [3.8, 4) is 0 Å². The minimum atomic E-state index is -1.21. The van der Waals surface area contributed by atoms with Crippen LogP contribution in [0.4, 0.5) is 4.39 Å². The van der Waals surface area contributed by atoms with E-state index < -0.39 is 23.2 Å². The molecule has 1 aromatic carbocycles. The maximum atomic E-state index is 13.0. The molecule has 108 valence electrons. The standard InChI is InChI=1S/C14H16FNO3S/c1-9-8-10(15)2-3-11(9)12(17)16-14(13(18)19)4-6-20-7-5-14/h2-3,8H,4-7H2,1H3,(H,16,17)(H,18,19). The summed E-state index contributed by atoms with van der Waals surface area (Å²) in [5.41, 5.74) is -0.401. The third-order valence-corrected chi connectivity index (χ3v) is 4.53. The number of hydrogen-bond acceptors (Lipinski definition) is 3. The largest absolute Gasteiger partial charge is 0.480 e. The van der Waals surface area contributed by atoms with E-state index in [1.807, 2.05) is 0 Å². The predicted molar refractivity (Wildman–Crippen MR) is 75.5 cm³/mol. The van der Waals surface area contributed by atoms with Crippen LogP contribution < -0.4 is 5.32 Å². The molecule has 1 fully saturated rings. The second-order valence-electron chi connectivity index (χ2n) is 4.91. The van der Waals surface area contributed by atoms with Gasteiger partial charge in [-0.15, -0.1) is 0 Å². The van der Waals surface area contributed by atoms with Gasteiger partial charge in [-0.2, -0.15) is 11.8 Å². The average Bonchev–Trinajstić information content (AvgIpc) is 2.39. The number of halogens is 1. The third-order valence-electron chi connectivity index (χ3n) is 3.54. The first-order chi connectivity index (χ1) is 9.44. The monoisotopic (exact) mass is 297 g/mol. The molecule has 0 atom stereocenters. The lowest BCUT2D eigenvalue weighted by atomic mass is 9.91. The molecule has 2 rings (SSSR count). The maximum Gasteiger partial charge on any atom is 0.329 e. The van der Waals surface area contributed by atoms with Crippen molar-refractivity contribution >= 4 is 23.6 Å². The van der Waals surface area contributed by atoms with Gasteiger partial charge in [0.05, 0.1) is 0 Å². The molecule has 1 heterocycles. The van der Waals surface area contributed by atoms with Gasteiger partial charge in [0.15, 0.2) is 0 Å². The normalized spacial score (nSPS) is 17.5. The van der Waals surface area contributed by atoms with Gasteiger partial charge >= 0.3 is 5.97 Å². The van der Waals surface area contributed by atoms with Crippen molar-refractivity contribution in [1.29, 1.82) is 0 Å². The molecule has 1 aliphatic heterocycles. The first-order valence-electron chi connectivity index (χ1n) is 6.34. The van der Waals surface area contributed by atoms with Gasteiger partial charge in [-0.1, -0.05) is 0 Å². The molecular weight excluding hydrogens is 281 g/mol. The lowest BCUT2D eigenvalue weighted by Gasteiger charge is -2.33. The number of aryl methyl sites for hydroxylation is 1. The van der Waals surface area contributed by atoms with E-state index in [9.17, 15) is 19.1 Å². The topological polar surface area (TPSA) is 66.4 Å². The Morgan fingerprint density at radius 3 is 2.55 bits per heavy atom. The molecule has 0 bridgehead atoms. The van der Waals surface area contributed by atoms with Crippen molar-refractivity contribution in [2.45, 2.75) is 25.3 Å². The molecule has 0 radical (unpaired) electrons. The van der Waals surface area contributed by atoms with Crippen molar-refractivity contribution in [2.75, 3.05) is 11.5 Å². The van der Waals surface area contributed by atoms with Crippen LogP contribution >= 0.6 is 11.8 Å². The fourth-order valence-corrected chi connectivity index (χ4v) is 3.47.